The van der Waals surface area contributed by atoms with Crippen molar-refractivity contribution in [3.63, 3.8) is 0 Å². The quantitative estimate of drug-likeness (QED) is 0.803. The number of benzene rings is 1. The molecule has 0 saturated heterocycles. The third-order valence-electron chi connectivity index (χ3n) is 3.02. The molecule has 2 aromatic heterocycles. The minimum Gasteiger partial charge on any atom is -0.406 e. The molecule has 1 amide bonds. The number of alkyl halides is 3. The van der Waals surface area contributed by atoms with E-state index in [9.17, 15) is 18.0 Å². The smallest absolute Gasteiger partial charge is 0.406 e. The number of amides is 1. The second-order valence-electron chi connectivity index (χ2n) is 4.67. The van der Waals surface area contributed by atoms with Gasteiger partial charge < -0.3 is 14.5 Å². The molecule has 3 rings (SSSR count). The van der Waals surface area contributed by atoms with Crippen LogP contribution in [0, 0.1) is 0 Å². The van der Waals surface area contributed by atoms with Crippen LogP contribution in [0.2, 0.25) is 0 Å². The van der Waals surface area contributed by atoms with Gasteiger partial charge >= 0.3 is 6.36 Å². The molecule has 0 aliphatic heterocycles. The molecule has 0 radical (unpaired) electrons. The number of pyridine rings is 1. The number of nitrogens with one attached hydrogen (secondary N) is 1. The first-order valence-electron chi connectivity index (χ1n) is 6.50. The molecule has 5 nitrogen and oxygen atoms in total. The van der Waals surface area contributed by atoms with Gasteiger partial charge in [-0.1, -0.05) is 0 Å². The Morgan fingerprint density at radius 3 is 2.61 bits per heavy atom. The van der Waals surface area contributed by atoms with Crippen LogP contribution in [0.5, 0.6) is 5.75 Å². The van der Waals surface area contributed by atoms with Crippen LogP contribution in [0.25, 0.3) is 5.52 Å². The Morgan fingerprint density at radius 2 is 1.91 bits per heavy atom. The lowest BCUT2D eigenvalue weighted by Crippen LogP contribution is -2.17. The summed E-state index contributed by atoms with van der Waals surface area (Å²) in [6, 6.07) is 8.19. The predicted octanol–water partition coefficient (Wildman–Crippen LogP) is 3.49. The Labute approximate surface area is 128 Å². The van der Waals surface area contributed by atoms with Crippen molar-refractivity contribution in [1.82, 2.24) is 9.38 Å². The molecule has 0 unspecified atom stereocenters. The normalized spacial score (nSPS) is 11.4. The molecule has 23 heavy (non-hydrogen) atoms. The van der Waals surface area contributed by atoms with Crippen molar-refractivity contribution < 1.29 is 22.7 Å². The Kier molecular flexibility index (Phi) is 3.65. The maximum absolute atomic E-state index is 12.1. The van der Waals surface area contributed by atoms with Gasteiger partial charge in [-0.05, 0) is 36.4 Å². The zero-order valence-electron chi connectivity index (χ0n) is 11.5. The summed E-state index contributed by atoms with van der Waals surface area (Å²) in [5, 5.41) is 2.60. The third-order valence-corrected chi connectivity index (χ3v) is 3.02. The van der Waals surface area contributed by atoms with Gasteiger partial charge in [0, 0.05) is 17.4 Å². The van der Waals surface area contributed by atoms with Crippen molar-refractivity contribution in [3.8, 4) is 5.75 Å². The van der Waals surface area contributed by atoms with Gasteiger partial charge in [0.15, 0.2) is 0 Å². The number of carbonyl (C=O) groups excluding carboxylic acids is 1. The highest BCUT2D eigenvalue weighted by Gasteiger charge is 2.30. The summed E-state index contributed by atoms with van der Waals surface area (Å²) in [5.41, 5.74) is 1.53. The molecule has 1 aromatic carbocycles. The molecule has 3 aromatic rings. The molecule has 0 aliphatic carbocycles. The predicted molar refractivity (Wildman–Crippen MR) is 76.3 cm³/mol. The van der Waals surface area contributed by atoms with Gasteiger partial charge in [-0.25, -0.2) is 4.98 Å². The Morgan fingerprint density at radius 1 is 1.17 bits per heavy atom. The van der Waals surface area contributed by atoms with Gasteiger partial charge in [0.25, 0.3) is 5.91 Å². The van der Waals surface area contributed by atoms with E-state index < -0.39 is 6.36 Å². The fourth-order valence-corrected chi connectivity index (χ4v) is 2.00. The SMILES string of the molecule is O=C(Nc1ccc(OC(F)(F)F)cc1)c1ccn2cncc2c1. The van der Waals surface area contributed by atoms with Crippen molar-refractivity contribution in [2.75, 3.05) is 5.32 Å². The number of hydrogen-bond donors (Lipinski definition) is 1. The van der Waals surface area contributed by atoms with E-state index in [1.165, 1.54) is 12.1 Å². The van der Waals surface area contributed by atoms with Gasteiger partial charge in [-0.3, -0.25) is 4.79 Å². The van der Waals surface area contributed by atoms with Crippen LogP contribution < -0.4 is 10.1 Å². The highest BCUT2D eigenvalue weighted by Crippen LogP contribution is 2.24. The summed E-state index contributed by atoms with van der Waals surface area (Å²) in [6.45, 7) is 0. The molecule has 0 atom stereocenters. The van der Waals surface area contributed by atoms with Crippen molar-refractivity contribution in [3.05, 3.63) is 60.7 Å². The number of anilines is 1. The van der Waals surface area contributed by atoms with Crippen molar-refractivity contribution in [2.45, 2.75) is 6.36 Å². The fourth-order valence-electron chi connectivity index (χ4n) is 2.00. The molecule has 0 saturated carbocycles. The monoisotopic (exact) mass is 321 g/mol. The van der Waals surface area contributed by atoms with Crippen LogP contribution in [0.3, 0.4) is 0 Å². The average molecular weight is 321 g/mol. The molecule has 0 bridgehead atoms. The van der Waals surface area contributed by atoms with Gasteiger partial charge in [0.2, 0.25) is 0 Å². The summed E-state index contributed by atoms with van der Waals surface area (Å²) in [7, 11) is 0. The highest BCUT2D eigenvalue weighted by atomic mass is 19.4. The molecule has 118 valence electrons. The number of halogens is 3. The number of carbonyl (C=O) groups is 1. The fraction of sp³-hybridized carbons (Fsp3) is 0.0667. The Hall–Kier alpha value is -3.03. The van der Waals surface area contributed by atoms with Crippen LogP contribution in [0.4, 0.5) is 18.9 Å². The van der Waals surface area contributed by atoms with Gasteiger partial charge in [0.05, 0.1) is 18.0 Å². The number of aromatic nitrogens is 2. The first kappa shape index (κ1) is 14.9. The van der Waals surface area contributed by atoms with E-state index in [0.717, 1.165) is 17.6 Å². The van der Waals surface area contributed by atoms with Gasteiger partial charge in [-0.2, -0.15) is 0 Å². The molecule has 1 N–H and O–H groups in total. The van der Waals surface area contributed by atoms with Crippen LogP contribution in [-0.4, -0.2) is 21.7 Å². The summed E-state index contributed by atoms with van der Waals surface area (Å²) in [4.78, 5) is 16.1. The highest BCUT2D eigenvalue weighted by molar-refractivity contribution is 6.04. The summed E-state index contributed by atoms with van der Waals surface area (Å²) >= 11 is 0. The first-order valence-corrected chi connectivity index (χ1v) is 6.50. The van der Waals surface area contributed by atoms with E-state index in [4.69, 9.17) is 0 Å². The third kappa shape index (κ3) is 3.60. The minimum absolute atomic E-state index is 0.351. The molecule has 0 aliphatic rings. The standard InChI is InChI=1S/C15H10F3N3O2/c16-15(17,18)23-13-3-1-11(2-4-13)20-14(22)10-5-6-21-9-19-8-12(21)7-10/h1-9H,(H,20,22). The van der Waals surface area contributed by atoms with E-state index >= 15 is 0 Å². The van der Waals surface area contributed by atoms with Gasteiger partial charge in [0.1, 0.15) is 5.75 Å². The molecule has 0 fully saturated rings. The van der Waals surface area contributed by atoms with E-state index in [1.54, 1.807) is 35.3 Å². The van der Waals surface area contributed by atoms with E-state index in [0.29, 0.717) is 11.3 Å². The number of nitrogens with zero attached hydrogens (tertiary/aromatic N) is 2. The second-order valence-corrected chi connectivity index (χ2v) is 4.67. The topological polar surface area (TPSA) is 55.6 Å². The maximum Gasteiger partial charge on any atom is 0.573 e. The Balaban J connectivity index is 1.72. The molecular weight excluding hydrogens is 311 g/mol. The van der Waals surface area contributed by atoms with Gasteiger partial charge in [-0.15, -0.1) is 13.2 Å². The van der Waals surface area contributed by atoms with E-state index in [1.807, 2.05) is 0 Å². The zero-order valence-corrected chi connectivity index (χ0v) is 11.5. The molecule has 2 heterocycles. The number of imidazole rings is 1. The van der Waals surface area contributed by atoms with Crippen molar-refractivity contribution >= 4 is 17.1 Å². The summed E-state index contributed by atoms with van der Waals surface area (Å²) in [5.74, 6) is -0.727. The van der Waals surface area contributed by atoms with Crippen LogP contribution in [0.1, 0.15) is 10.4 Å². The maximum atomic E-state index is 12.1. The number of hydrogen-bond acceptors (Lipinski definition) is 3. The van der Waals surface area contributed by atoms with E-state index in [2.05, 4.69) is 15.0 Å². The summed E-state index contributed by atoms with van der Waals surface area (Å²) < 4.78 is 41.7. The van der Waals surface area contributed by atoms with Crippen LogP contribution in [0.15, 0.2) is 55.1 Å². The second kappa shape index (κ2) is 5.64. The average Bonchev–Trinajstić information content (AvgIpc) is 2.95. The minimum atomic E-state index is -4.74. The van der Waals surface area contributed by atoms with Crippen LogP contribution >= 0.6 is 0 Å². The first-order chi connectivity index (χ1) is 10.9. The largest absolute Gasteiger partial charge is 0.573 e. The molecule has 8 heteroatoms. The lowest BCUT2D eigenvalue weighted by atomic mass is 10.2. The molecular formula is C15H10F3N3O2. The zero-order chi connectivity index (χ0) is 16.4. The number of fused-ring (bicyclic) bond motifs is 1. The van der Waals surface area contributed by atoms with Crippen molar-refractivity contribution in [1.29, 1.82) is 0 Å². The van der Waals surface area contributed by atoms with Crippen LogP contribution in [-0.2, 0) is 0 Å². The number of rotatable bonds is 3. The molecule has 0 spiro atoms. The lowest BCUT2D eigenvalue weighted by Gasteiger charge is -2.10. The number of ether oxygens (including phenoxy) is 1. The van der Waals surface area contributed by atoms with E-state index in [-0.39, 0.29) is 11.7 Å². The lowest BCUT2D eigenvalue weighted by molar-refractivity contribution is -0.274. The Bertz CT molecular complexity index is 841. The van der Waals surface area contributed by atoms with Crippen molar-refractivity contribution in [2.24, 2.45) is 0 Å². The summed E-state index contributed by atoms with van der Waals surface area (Å²) in [6.07, 6.45) is 0.166.